The quantitative estimate of drug-likeness (QED) is 0.785. The van der Waals surface area contributed by atoms with E-state index in [1.165, 1.54) is 0 Å². The molecule has 5 nitrogen and oxygen atoms in total. The van der Waals surface area contributed by atoms with Crippen LogP contribution in [0.4, 0.5) is 4.79 Å². The standard InChI is InChI=1S/C21H20N2O3/c1-2-6-17-19(24)10-9-18-20(17)16(13-23-18)11-12-22-21(25)26-14-15-7-4-3-5-8-15/h3-10,13,17,23H,1,11-12,14H2,(H,22,25). The Labute approximate surface area is 152 Å². The molecule has 132 valence electrons. The van der Waals surface area contributed by atoms with Crippen LogP contribution in [-0.4, -0.2) is 23.4 Å². The molecule has 5 heteroatoms. The molecule has 0 saturated carbocycles. The fraction of sp³-hybridized carbons (Fsp3) is 0.190. The van der Waals surface area contributed by atoms with Crippen molar-refractivity contribution in [2.45, 2.75) is 18.9 Å². The molecule has 1 unspecified atom stereocenters. The van der Waals surface area contributed by atoms with E-state index in [2.05, 4.69) is 22.6 Å². The zero-order chi connectivity index (χ0) is 18.4. The number of aromatic amines is 1. The maximum Gasteiger partial charge on any atom is 0.407 e. The van der Waals surface area contributed by atoms with Gasteiger partial charge in [0.25, 0.3) is 0 Å². The number of carbonyl (C=O) groups excluding carboxylic acids is 2. The number of fused-ring (bicyclic) bond motifs is 1. The van der Waals surface area contributed by atoms with Crippen LogP contribution in [0.5, 0.6) is 0 Å². The number of hydrogen-bond donors (Lipinski definition) is 2. The maximum absolute atomic E-state index is 12.1. The van der Waals surface area contributed by atoms with E-state index >= 15 is 0 Å². The van der Waals surface area contributed by atoms with Crippen LogP contribution in [0.1, 0.15) is 28.3 Å². The average molecular weight is 348 g/mol. The minimum Gasteiger partial charge on any atom is -0.445 e. The molecule has 0 spiro atoms. The van der Waals surface area contributed by atoms with E-state index in [1.807, 2.05) is 36.5 Å². The summed E-state index contributed by atoms with van der Waals surface area (Å²) in [6, 6.07) is 9.51. The normalized spacial score (nSPS) is 15.1. The van der Waals surface area contributed by atoms with Gasteiger partial charge in [-0.3, -0.25) is 4.79 Å². The molecule has 1 heterocycles. The van der Waals surface area contributed by atoms with Crippen LogP contribution in [0.25, 0.3) is 6.08 Å². The van der Waals surface area contributed by atoms with E-state index in [-0.39, 0.29) is 18.3 Å². The highest BCUT2D eigenvalue weighted by molar-refractivity contribution is 6.03. The summed E-state index contributed by atoms with van der Waals surface area (Å²) in [7, 11) is 0. The van der Waals surface area contributed by atoms with Crippen LogP contribution in [0.3, 0.4) is 0 Å². The maximum atomic E-state index is 12.1. The Kier molecular flexibility index (Phi) is 5.52. The van der Waals surface area contributed by atoms with Crippen molar-refractivity contribution >= 4 is 18.0 Å². The molecule has 1 aromatic carbocycles. The van der Waals surface area contributed by atoms with E-state index in [9.17, 15) is 9.59 Å². The van der Waals surface area contributed by atoms with E-state index in [1.54, 1.807) is 18.2 Å². The molecule has 1 aliphatic carbocycles. The van der Waals surface area contributed by atoms with Crippen molar-refractivity contribution in [3.63, 3.8) is 0 Å². The minimum atomic E-state index is -0.461. The first-order chi connectivity index (χ1) is 12.7. The summed E-state index contributed by atoms with van der Waals surface area (Å²) in [5.41, 5.74) is 6.45. The van der Waals surface area contributed by atoms with Gasteiger partial charge in [-0.2, -0.15) is 0 Å². The van der Waals surface area contributed by atoms with Gasteiger partial charge in [0, 0.05) is 18.4 Å². The predicted octanol–water partition coefficient (Wildman–Crippen LogP) is 3.50. The molecule has 0 radical (unpaired) electrons. The molecule has 1 atom stereocenters. The number of alkyl carbamates (subject to hydrolysis) is 1. The number of hydrogen-bond acceptors (Lipinski definition) is 3. The second-order valence-corrected chi connectivity index (χ2v) is 5.96. The third-order valence-corrected chi connectivity index (χ3v) is 4.23. The zero-order valence-corrected chi connectivity index (χ0v) is 14.3. The topological polar surface area (TPSA) is 71.2 Å². The van der Waals surface area contributed by atoms with Crippen molar-refractivity contribution in [2.75, 3.05) is 6.54 Å². The Balaban J connectivity index is 1.55. The van der Waals surface area contributed by atoms with Crippen molar-refractivity contribution in [3.8, 4) is 0 Å². The van der Waals surface area contributed by atoms with Gasteiger partial charge in [0.2, 0.25) is 0 Å². The van der Waals surface area contributed by atoms with Crippen LogP contribution >= 0.6 is 0 Å². The van der Waals surface area contributed by atoms with Crippen molar-refractivity contribution in [1.29, 1.82) is 0 Å². The summed E-state index contributed by atoms with van der Waals surface area (Å²) in [5, 5.41) is 2.74. The smallest absolute Gasteiger partial charge is 0.407 e. The Bertz CT molecular complexity index is 874. The molecule has 0 fully saturated rings. The summed E-state index contributed by atoms with van der Waals surface area (Å²) in [4.78, 5) is 27.1. The number of carbonyl (C=O) groups is 2. The first kappa shape index (κ1) is 17.5. The highest BCUT2D eigenvalue weighted by Gasteiger charge is 2.26. The van der Waals surface area contributed by atoms with Gasteiger partial charge < -0.3 is 15.0 Å². The lowest BCUT2D eigenvalue weighted by Gasteiger charge is -2.16. The zero-order valence-electron chi connectivity index (χ0n) is 14.3. The third kappa shape index (κ3) is 4.02. The summed E-state index contributed by atoms with van der Waals surface area (Å²) in [5.74, 6) is -0.372. The van der Waals surface area contributed by atoms with Gasteiger partial charge in [-0.05, 0) is 41.3 Å². The molecule has 0 aliphatic heterocycles. The van der Waals surface area contributed by atoms with Gasteiger partial charge in [0.1, 0.15) is 6.61 Å². The number of ether oxygens (including phenoxy) is 1. The van der Waals surface area contributed by atoms with E-state index in [0.29, 0.717) is 13.0 Å². The number of benzene rings is 1. The van der Waals surface area contributed by atoms with Crippen LogP contribution in [-0.2, 0) is 22.6 Å². The van der Waals surface area contributed by atoms with Gasteiger partial charge in [-0.25, -0.2) is 4.79 Å². The number of amides is 1. The fourth-order valence-corrected chi connectivity index (χ4v) is 2.97. The Morgan fingerprint density at radius 3 is 2.88 bits per heavy atom. The molecule has 0 bridgehead atoms. The summed E-state index contributed by atoms with van der Waals surface area (Å²) >= 11 is 0. The third-order valence-electron chi connectivity index (χ3n) is 4.23. The molecular weight excluding hydrogens is 328 g/mol. The number of rotatable bonds is 6. The molecule has 1 amide bonds. The summed E-state index contributed by atoms with van der Waals surface area (Å²) in [6.45, 7) is 4.22. The number of allylic oxidation sites excluding steroid dienone is 2. The largest absolute Gasteiger partial charge is 0.445 e. The van der Waals surface area contributed by atoms with Crippen LogP contribution in [0.2, 0.25) is 0 Å². The molecule has 3 rings (SSSR count). The van der Waals surface area contributed by atoms with E-state index in [4.69, 9.17) is 4.74 Å². The Morgan fingerprint density at radius 2 is 2.12 bits per heavy atom. The Hall–Kier alpha value is -3.30. The monoisotopic (exact) mass is 348 g/mol. The molecular formula is C21H20N2O3. The lowest BCUT2D eigenvalue weighted by Crippen LogP contribution is -2.26. The first-order valence-corrected chi connectivity index (χ1v) is 8.41. The first-order valence-electron chi connectivity index (χ1n) is 8.41. The predicted molar refractivity (Wildman–Crippen MR) is 99.6 cm³/mol. The molecule has 2 N–H and O–H groups in total. The lowest BCUT2D eigenvalue weighted by molar-refractivity contribution is -0.115. The second kappa shape index (κ2) is 8.19. The van der Waals surface area contributed by atoms with Gasteiger partial charge in [0.15, 0.2) is 5.78 Å². The molecule has 2 aromatic rings. The van der Waals surface area contributed by atoms with E-state index in [0.717, 1.165) is 22.4 Å². The number of nitrogens with one attached hydrogen (secondary N) is 2. The van der Waals surface area contributed by atoms with E-state index < -0.39 is 6.09 Å². The fourth-order valence-electron chi connectivity index (χ4n) is 2.97. The molecule has 1 aliphatic rings. The second-order valence-electron chi connectivity index (χ2n) is 5.96. The van der Waals surface area contributed by atoms with Crippen LogP contribution < -0.4 is 5.32 Å². The Morgan fingerprint density at radius 1 is 1.31 bits per heavy atom. The SMILES string of the molecule is C=C=CC1C(=O)C=Cc2[nH]cc(CCNC(=O)OCc3ccccc3)c21. The summed E-state index contributed by atoms with van der Waals surface area (Å²) in [6.07, 6.45) is 7.00. The lowest BCUT2D eigenvalue weighted by atomic mass is 9.87. The van der Waals surface area contributed by atoms with Crippen molar-refractivity contribution in [1.82, 2.24) is 10.3 Å². The molecule has 1 aromatic heterocycles. The molecule has 26 heavy (non-hydrogen) atoms. The van der Waals surface area contributed by atoms with Crippen molar-refractivity contribution in [3.05, 3.63) is 83.4 Å². The minimum absolute atomic E-state index is 0.00438. The van der Waals surface area contributed by atoms with Crippen molar-refractivity contribution in [2.24, 2.45) is 0 Å². The highest BCUT2D eigenvalue weighted by Crippen LogP contribution is 2.31. The summed E-state index contributed by atoms with van der Waals surface area (Å²) < 4.78 is 5.19. The number of H-pyrrole nitrogens is 1. The van der Waals surface area contributed by atoms with Gasteiger partial charge in [-0.1, -0.05) is 36.9 Å². The van der Waals surface area contributed by atoms with Gasteiger partial charge in [-0.15, -0.1) is 5.73 Å². The molecule has 0 saturated heterocycles. The number of ketones is 1. The van der Waals surface area contributed by atoms with Gasteiger partial charge in [0.05, 0.1) is 5.92 Å². The average Bonchev–Trinajstić information content (AvgIpc) is 3.07. The number of aromatic nitrogens is 1. The van der Waals surface area contributed by atoms with Gasteiger partial charge >= 0.3 is 6.09 Å². The highest BCUT2D eigenvalue weighted by atomic mass is 16.5. The van der Waals surface area contributed by atoms with Crippen LogP contribution in [0, 0.1) is 0 Å². The van der Waals surface area contributed by atoms with Crippen LogP contribution in [0.15, 0.2) is 61.0 Å². The van der Waals surface area contributed by atoms with Crippen molar-refractivity contribution < 1.29 is 14.3 Å².